The van der Waals surface area contributed by atoms with E-state index < -0.39 is 12.7 Å². The Labute approximate surface area is 213 Å². The number of amides is 1. The molecular formula is C27H33F3N4O3. The number of carbonyl (C=O) groups is 1. The monoisotopic (exact) mass is 518 g/mol. The zero-order valence-electron chi connectivity index (χ0n) is 21.5. The molecule has 0 spiro atoms. The van der Waals surface area contributed by atoms with Crippen LogP contribution in [0.5, 0.6) is 5.75 Å². The number of aromatic nitrogens is 2. The number of hydrogen-bond donors (Lipinski definition) is 2. The summed E-state index contributed by atoms with van der Waals surface area (Å²) in [6.45, 7) is 5.64. The lowest BCUT2D eigenvalue weighted by molar-refractivity contribution is -0.149. The minimum absolute atomic E-state index is 0.000441. The van der Waals surface area contributed by atoms with Crippen LogP contribution in [0, 0.1) is 19.8 Å². The number of methoxy groups -OCH3 is 1. The molecule has 1 atom stereocenters. The van der Waals surface area contributed by atoms with Gasteiger partial charge in [-0.3, -0.25) is 14.5 Å². The molecule has 7 nitrogen and oxygen atoms in total. The number of likely N-dealkylation sites (tertiary alicyclic amines) is 1. The first-order chi connectivity index (χ1) is 17.5. The van der Waals surface area contributed by atoms with Crippen LogP contribution in [0.15, 0.2) is 35.1 Å². The number of H-pyrrole nitrogens is 1. The third kappa shape index (κ3) is 5.69. The zero-order chi connectivity index (χ0) is 26.9. The van der Waals surface area contributed by atoms with Crippen molar-refractivity contribution in [3.8, 4) is 5.75 Å². The SMILES string of the molecule is COc1cc(C)[nH]c(=O)c1CNC(=O)c1c(C)n(C(C)C2CCN(CC(F)(F)F)CC2)c2ccccc12. The molecule has 1 aliphatic heterocycles. The van der Waals surface area contributed by atoms with Crippen molar-refractivity contribution in [2.45, 2.75) is 52.4 Å². The Morgan fingerprint density at radius 3 is 2.54 bits per heavy atom. The highest BCUT2D eigenvalue weighted by Crippen LogP contribution is 2.36. The van der Waals surface area contributed by atoms with Gasteiger partial charge in [0.05, 0.1) is 31.3 Å². The zero-order valence-corrected chi connectivity index (χ0v) is 21.5. The minimum Gasteiger partial charge on any atom is -0.496 e. The van der Waals surface area contributed by atoms with Crippen molar-refractivity contribution in [3.63, 3.8) is 0 Å². The first kappa shape index (κ1) is 26.8. The number of nitrogens with zero attached hydrogens (tertiary/aromatic N) is 2. The van der Waals surface area contributed by atoms with Crippen molar-refractivity contribution < 1.29 is 22.7 Å². The largest absolute Gasteiger partial charge is 0.496 e. The molecule has 0 aliphatic carbocycles. The number of aryl methyl sites for hydroxylation is 1. The Kier molecular flexibility index (Phi) is 7.68. The molecule has 1 unspecified atom stereocenters. The molecule has 0 radical (unpaired) electrons. The second kappa shape index (κ2) is 10.6. The second-order valence-corrected chi connectivity index (χ2v) is 9.83. The summed E-state index contributed by atoms with van der Waals surface area (Å²) in [7, 11) is 1.48. The van der Waals surface area contributed by atoms with Gasteiger partial charge in [0.2, 0.25) is 0 Å². The number of halogens is 3. The van der Waals surface area contributed by atoms with Gasteiger partial charge in [-0.25, -0.2) is 0 Å². The topological polar surface area (TPSA) is 79.4 Å². The number of ether oxygens (including phenoxy) is 1. The number of hydrogen-bond acceptors (Lipinski definition) is 4. The number of aromatic amines is 1. The average molecular weight is 519 g/mol. The van der Waals surface area contributed by atoms with E-state index in [1.807, 2.05) is 31.2 Å². The highest BCUT2D eigenvalue weighted by Gasteiger charge is 2.34. The molecule has 2 N–H and O–H groups in total. The molecule has 10 heteroatoms. The molecule has 1 aromatic carbocycles. The molecule has 0 saturated carbocycles. The average Bonchev–Trinajstić information content (AvgIpc) is 3.13. The fraction of sp³-hybridized carbons (Fsp3) is 0.481. The Morgan fingerprint density at radius 1 is 1.22 bits per heavy atom. The molecular weight excluding hydrogens is 485 g/mol. The molecule has 3 aromatic rings. The van der Waals surface area contributed by atoms with Crippen LogP contribution in [0.3, 0.4) is 0 Å². The van der Waals surface area contributed by atoms with Gasteiger partial charge in [-0.15, -0.1) is 0 Å². The lowest BCUT2D eigenvalue weighted by Crippen LogP contribution is -2.41. The summed E-state index contributed by atoms with van der Waals surface area (Å²) < 4.78 is 45.9. The molecule has 37 heavy (non-hydrogen) atoms. The molecule has 3 heterocycles. The van der Waals surface area contributed by atoms with Crippen LogP contribution in [0.2, 0.25) is 0 Å². The van der Waals surface area contributed by atoms with E-state index in [9.17, 15) is 22.8 Å². The minimum atomic E-state index is -4.19. The van der Waals surface area contributed by atoms with E-state index in [1.165, 1.54) is 12.0 Å². The van der Waals surface area contributed by atoms with E-state index in [2.05, 4.69) is 21.8 Å². The Balaban J connectivity index is 1.58. The fourth-order valence-corrected chi connectivity index (χ4v) is 5.55. The number of carbonyl (C=O) groups excluding carboxylic acids is 1. The van der Waals surface area contributed by atoms with Gasteiger partial charge in [0.25, 0.3) is 11.5 Å². The summed E-state index contributed by atoms with van der Waals surface area (Å²) in [4.78, 5) is 30.1. The standard InChI is InChI=1S/C27H33F3N4O3/c1-16-13-23(37-4)21(25(35)32-16)14-31-26(36)24-18(3)34(22-8-6-5-7-20(22)24)17(2)19-9-11-33(12-10-19)15-27(28,29)30/h5-8,13,17,19H,9-12,14-15H2,1-4H3,(H,31,36)(H,32,35). The summed E-state index contributed by atoms with van der Waals surface area (Å²) in [5.41, 5.74) is 2.90. The molecule has 2 aromatic heterocycles. The van der Waals surface area contributed by atoms with Crippen LogP contribution < -0.4 is 15.6 Å². The first-order valence-electron chi connectivity index (χ1n) is 12.4. The molecule has 1 saturated heterocycles. The lowest BCUT2D eigenvalue weighted by Gasteiger charge is -2.36. The van der Waals surface area contributed by atoms with E-state index in [-0.39, 0.29) is 30.0 Å². The van der Waals surface area contributed by atoms with Crippen molar-refractivity contribution in [1.82, 2.24) is 19.8 Å². The predicted octanol–water partition coefficient (Wildman–Crippen LogP) is 4.72. The van der Waals surface area contributed by atoms with Crippen molar-refractivity contribution in [3.05, 3.63) is 63.2 Å². The number of alkyl halides is 3. The van der Waals surface area contributed by atoms with Gasteiger partial charge in [-0.1, -0.05) is 18.2 Å². The number of benzene rings is 1. The summed E-state index contributed by atoms with van der Waals surface area (Å²) in [5, 5.41) is 3.67. The maximum Gasteiger partial charge on any atom is 0.401 e. The predicted molar refractivity (Wildman–Crippen MR) is 136 cm³/mol. The van der Waals surface area contributed by atoms with Gasteiger partial charge >= 0.3 is 6.18 Å². The molecule has 200 valence electrons. The maximum atomic E-state index is 13.4. The summed E-state index contributed by atoms with van der Waals surface area (Å²) in [6, 6.07) is 9.35. The normalized spacial score (nSPS) is 16.2. The molecule has 1 amide bonds. The van der Waals surface area contributed by atoms with Crippen LogP contribution in [0.25, 0.3) is 10.9 Å². The van der Waals surface area contributed by atoms with Gasteiger partial charge in [-0.2, -0.15) is 13.2 Å². The van der Waals surface area contributed by atoms with E-state index in [4.69, 9.17) is 4.74 Å². The highest BCUT2D eigenvalue weighted by molar-refractivity contribution is 6.08. The van der Waals surface area contributed by atoms with E-state index in [1.54, 1.807) is 13.0 Å². The third-order valence-electron chi connectivity index (χ3n) is 7.38. The number of fused-ring (bicyclic) bond motifs is 1. The van der Waals surface area contributed by atoms with Crippen molar-refractivity contribution in [2.24, 2.45) is 5.92 Å². The number of pyridine rings is 1. The molecule has 1 fully saturated rings. The quantitative estimate of drug-likeness (QED) is 0.475. The van der Waals surface area contributed by atoms with Crippen LogP contribution in [0.1, 0.15) is 53.1 Å². The van der Waals surface area contributed by atoms with Gasteiger partial charge in [0.15, 0.2) is 0 Å². The van der Waals surface area contributed by atoms with Crippen molar-refractivity contribution in [1.29, 1.82) is 0 Å². The smallest absolute Gasteiger partial charge is 0.401 e. The molecule has 0 bridgehead atoms. The van der Waals surface area contributed by atoms with E-state index in [0.717, 1.165) is 16.6 Å². The van der Waals surface area contributed by atoms with Gasteiger partial charge < -0.3 is 19.6 Å². The van der Waals surface area contributed by atoms with Gasteiger partial charge in [0.1, 0.15) is 5.75 Å². The van der Waals surface area contributed by atoms with Crippen LogP contribution in [-0.4, -0.2) is 53.3 Å². The number of rotatable bonds is 7. The Morgan fingerprint density at radius 2 is 1.89 bits per heavy atom. The fourth-order valence-electron chi connectivity index (χ4n) is 5.55. The third-order valence-corrected chi connectivity index (χ3v) is 7.38. The van der Waals surface area contributed by atoms with Crippen LogP contribution in [0.4, 0.5) is 13.2 Å². The van der Waals surface area contributed by atoms with E-state index in [0.29, 0.717) is 48.5 Å². The summed E-state index contributed by atoms with van der Waals surface area (Å²) in [6.07, 6.45) is -2.89. The van der Waals surface area contributed by atoms with Crippen molar-refractivity contribution in [2.75, 3.05) is 26.7 Å². The highest BCUT2D eigenvalue weighted by atomic mass is 19.4. The molecule has 4 rings (SSSR count). The Hall–Kier alpha value is -3.27. The number of para-hydroxylation sites is 1. The maximum absolute atomic E-state index is 13.4. The number of nitrogens with one attached hydrogen (secondary N) is 2. The van der Waals surface area contributed by atoms with Crippen molar-refractivity contribution >= 4 is 16.8 Å². The second-order valence-electron chi connectivity index (χ2n) is 9.83. The van der Waals surface area contributed by atoms with Gasteiger partial charge in [0, 0.05) is 28.3 Å². The van der Waals surface area contributed by atoms with E-state index >= 15 is 0 Å². The lowest BCUT2D eigenvalue weighted by atomic mass is 9.90. The van der Waals surface area contributed by atoms with Gasteiger partial charge in [-0.05, 0) is 64.8 Å². The van der Waals surface area contributed by atoms with Crippen LogP contribution in [-0.2, 0) is 6.54 Å². The number of piperidine rings is 1. The Bertz CT molecular complexity index is 1340. The summed E-state index contributed by atoms with van der Waals surface area (Å²) in [5.74, 6) is 0.290. The van der Waals surface area contributed by atoms with Crippen LogP contribution >= 0.6 is 0 Å². The summed E-state index contributed by atoms with van der Waals surface area (Å²) >= 11 is 0. The molecule has 1 aliphatic rings. The first-order valence-corrected chi connectivity index (χ1v) is 12.4.